The Balaban J connectivity index is 1.92. The Bertz CT molecular complexity index is 583. The van der Waals surface area contributed by atoms with E-state index in [1.54, 1.807) is 0 Å². The second-order valence-electron chi connectivity index (χ2n) is 5.52. The van der Waals surface area contributed by atoms with Gasteiger partial charge in [-0.25, -0.2) is 4.68 Å². The standard InChI is InChI=1S/C16H20ClN3/c17-14-10-6-5-9-13(14)15-11-16(18)20(19-15)12-7-3-1-2-4-8-12/h5-6,9-12H,1-4,7-8,18H2. The maximum absolute atomic E-state index is 6.24. The molecule has 106 valence electrons. The summed E-state index contributed by atoms with van der Waals surface area (Å²) in [5.74, 6) is 0.742. The van der Waals surface area contributed by atoms with Crippen molar-refractivity contribution >= 4 is 17.4 Å². The maximum Gasteiger partial charge on any atom is 0.122 e. The second kappa shape index (κ2) is 5.88. The Morgan fingerprint density at radius 1 is 1.10 bits per heavy atom. The van der Waals surface area contributed by atoms with Gasteiger partial charge in [-0.05, 0) is 18.9 Å². The molecule has 0 saturated heterocycles. The topological polar surface area (TPSA) is 43.8 Å². The van der Waals surface area contributed by atoms with Crippen molar-refractivity contribution in [2.75, 3.05) is 5.73 Å². The summed E-state index contributed by atoms with van der Waals surface area (Å²) < 4.78 is 2.00. The third kappa shape index (κ3) is 2.68. The fourth-order valence-electron chi connectivity index (χ4n) is 3.00. The van der Waals surface area contributed by atoms with Gasteiger partial charge in [-0.15, -0.1) is 0 Å². The molecule has 0 unspecified atom stereocenters. The highest BCUT2D eigenvalue weighted by Gasteiger charge is 2.18. The highest BCUT2D eigenvalue weighted by Crippen LogP contribution is 2.32. The van der Waals surface area contributed by atoms with Gasteiger partial charge in [-0.2, -0.15) is 5.10 Å². The zero-order valence-corrected chi connectivity index (χ0v) is 12.3. The average molecular weight is 290 g/mol. The number of halogens is 1. The van der Waals surface area contributed by atoms with E-state index in [-0.39, 0.29) is 0 Å². The predicted molar refractivity (Wildman–Crippen MR) is 83.8 cm³/mol. The number of nitrogen functional groups attached to an aromatic ring is 1. The highest BCUT2D eigenvalue weighted by atomic mass is 35.5. The van der Waals surface area contributed by atoms with Crippen LogP contribution in [0.3, 0.4) is 0 Å². The number of benzene rings is 1. The van der Waals surface area contributed by atoms with Crippen LogP contribution in [0.15, 0.2) is 30.3 Å². The summed E-state index contributed by atoms with van der Waals surface area (Å²) >= 11 is 6.24. The van der Waals surface area contributed by atoms with Crippen LogP contribution in [-0.4, -0.2) is 9.78 Å². The molecule has 1 aliphatic carbocycles. The lowest BCUT2D eigenvalue weighted by Crippen LogP contribution is -2.12. The fourth-order valence-corrected chi connectivity index (χ4v) is 3.24. The molecule has 0 radical (unpaired) electrons. The van der Waals surface area contributed by atoms with Gasteiger partial charge in [0.25, 0.3) is 0 Å². The molecule has 0 amide bonds. The van der Waals surface area contributed by atoms with Crippen molar-refractivity contribution in [2.45, 2.75) is 44.6 Å². The first-order valence-electron chi connectivity index (χ1n) is 7.35. The van der Waals surface area contributed by atoms with E-state index >= 15 is 0 Å². The van der Waals surface area contributed by atoms with Gasteiger partial charge in [0.2, 0.25) is 0 Å². The van der Waals surface area contributed by atoms with Gasteiger partial charge in [-0.3, -0.25) is 0 Å². The molecule has 3 nitrogen and oxygen atoms in total. The number of nitrogens with two attached hydrogens (primary N) is 1. The molecular formula is C16H20ClN3. The predicted octanol–water partition coefficient (Wildman–Crippen LogP) is 4.68. The average Bonchev–Trinajstić information content (AvgIpc) is 2.66. The molecule has 0 aliphatic heterocycles. The van der Waals surface area contributed by atoms with E-state index in [0.29, 0.717) is 6.04 Å². The molecule has 2 aromatic rings. The van der Waals surface area contributed by atoms with Crippen LogP contribution >= 0.6 is 11.6 Å². The van der Waals surface area contributed by atoms with Crippen LogP contribution < -0.4 is 5.73 Å². The van der Waals surface area contributed by atoms with E-state index in [2.05, 4.69) is 0 Å². The SMILES string of the molecule is Nc1cc(-c2ccccc2Cl)nn1C1CCCCCC1. The van der Waals surface area contributed by atoms with Crippen LogP contribution in [0, 0.1) is 0 Å². The number of nitrogens with zero attached hydrogens (tertiary/aromatic N) is 2. The van der Waals surface area contributed by atoms with Crippen LogP contribution in [0.2, 0.25) is 5.02 Å². The fraction of sp³-hybridized carbons (Fsp3) is 0.438. The molecule has 20 heavy (non-hydrogen) atoms. The molecule has 1 saturated carbocycles. The largest absolute Gasteiger partial charge is 0.384 e. The van der Waals surface area contributed by atoms with Crippen LogP contribution in [0.5, 0.6) is 0 Å². The van der Waals surface area contributed by atoms with Gasteiger partial charge in [-0.1, -0.05) is 55.5 Å². The Morgan fingerprint density at radius 2 is 1.80 bits per heavy atom. The minimum Gasteiger partial charge on any atom is -0.384 e. The molecule has 1 aromatic carbocycles. The van der Waals surface area contributed by atoms with E-state index in [0.717, 1.165) is 22.1 Å². The summed E-state index contributed by atoms with van der Waals surface area (Å²) in [4.78, 5) is 0. The molecule has 0 spiro atoms. The molecular weight excluding hydrogens is 270 g/mol. The van der Waals surface area contributed by atoms with Crippen LogP contribution in [-0.2, 0) is 0 Å². The number of anilines is 1. The van der Waals surface area contributed by atoms with Crippen LogP contribution in [0.1, 0.15) is 44.6 Å². The van der Waals surface area contributed by atoms with Crippen molar-refractivity contribution in [2.24, 2.45) is 0 Å². The minimum absolute atomic E-state index is 0.439. The van der Waals surface area contributed by atoms with E-state index in [1.807, 2.05) is 35.0 Å². The van der Waals surface area contributed by atoms with E-state index in [4.69, 9.17) is 22.4 Å². The lowest BCUT2D eigenvalue weighted by atomic mass is 10.1. The summed E-state index contributed by atoms with van der Waals surface area (Å²) in [5, 5.41) is 5.43. The zero-order chi connectivity index (χ0) is 13.9. The molecule has 1 aromatic heterocycles. The lowest BCUT2D eigenvalue weighted by molar-refractivity contribution is 0.412. The van der Waals surface area contributed by atoms with Crippen molar-refractivity contribution in [1.29, 1.82) is 0 Å². The second-order valence-corrected chi connectivity index (χ2v) is 5.93. The van der Waals surface area contributed by atoms with Crippen LogP contribution in [0.25, 0.3) is 11.3 Å². The first kappa shape index (κ1) is 13.5. The molecule has 1 aliphatic rings. The Hall–Kier alpha value is -1.48. The molecule has 4 heteroatoms. The number of rotatable bonds is 2. The first-order valence-corrected chi connectivity index (χ1v) is 7.73. The molecule has 1 fully saturated rings. The Labute approximate surface area is 124 Å². The van der Waals surface area contributed by atoms with E-state index in [9.17, 15) is 0 Å². The third-order valence-electron chi connectivity index (χ3n) is 4.08. The third-order valence-corrected chi connectivity index (χ3v) is 4.41. The smallest absolute Gasteiger partial charge is 0.122 e. The summed E-state index contributed by atoms with van der Waals surface area (Å²) in [6.07, 6.45) is 7.54. The molecule has 2 N–H and O–H groups in total. The number of hydrogen-bond acceptors (Lipinski definition) is 2. The summed E-state index contributed by atoms with van der Waals surface area (Å²) in [6, 6.07) is 10.2. The first-order chi connectivity index (χ1) is 9.75. The van der Waals surface area contributed by atoms with Gasteiger partial charge in [0.15, 0.2) is 0 Å². The quantitative estimate of drug-likeness (QED) is 0.816. The van der Waals surface area contributed by atoms with Crippen molar-refractivity contribution in [3.8, 4) is 11.3 Å². The molecule has 0 atom stereocenters. The number of aromatic nitrogens is 2. The van der Waals surface area contributed by atoms with Crippen LogP contribution in [0.4, 0.5) is 5.82 Å². The molecule has 3 rings (SSSR count). The van der Waals surface area contributed by atoms with Crippen molar-refractivity contribution < 1.29 is 0 Å². The van der Waals surface area contributed by atoms with Crippen molar-refractivity contribution in [3.63, 3.8) is 0 Å². The molecule has 0 bridgehead atoms. The monoisotopic (exact) mass is 289 g/mol. The van der Waals surface area contributed by atoms with Crippen molar-refractivity contribution in [3.05, 3.63) is 35.4 Å². The van der Waals surface area contributed by atoms with Gasteiger partial charge in [0, 0.05) is 11.6 Å². The lowest BCUT2D eigenvalue weighted by Gasteiger charge is -2.16. The van der Waals surface area contributed by atoms with Gasteiger partial charge in [0.1, 0.15) is 5.82 Å². The number of hydrogen-bond donors (Lipinski definition) is 1. The zero-order valence-electron chi connectivity index (χ0n) is 11.6. The van der Waals surface area contributed by atoms with E-state index in [1.165, 1.54) is 38.5 Å². The van der Waals surface area contributed by atoms with Gasteiger partial charge < -0.3 is 5.73 Å². The van der Waals surface area contributed by atoms with Crippen molar-refractivity contribution in [1.82, 2.24) is 9.78 Å². The van der Waals surface area contributed by atoms with E-state index < -0.39 is 0 Å². The normalized spacial score (nSPS) is 17.1. The summed E-state index contributed by atoms with van der Waals surface area (Å²) in [7, 11) is 0. The van der Waals surface area contributed by atoms with Gasteiger partial charge in [0.05, 0.1) is 16.8 Å². The Kier molecular flexibility index (Phi) is 3.97. The minimum atomic E-state index is 0.439. The summed E-state index contributed by atoms with van der Waals surface area (Å²) in [5.41, 5.74) is 7.99. The Morgan fingerprint density at radius 3 is 2.50 bits per heavy atom. The molecule has 1 heterocycles. The highest BCUT2D eigenvalue weighted by molar-refractivity contribution is 6.33. The maximum atomic E-state index is 6.24. The summed E-state index contributed by atoms with van der Waals surface area (Å²) in [6.45, 7) is 0. The van der Waals surface area contributed by atoms with Gasteiger partial charge >= 0.3 is 0 Å².